The minimum Gasteiger partial charge on any atom is -0.346 e. The molecule has 0 amide bonds. The SMILES string of the molecule is Clc1ccc(-c2c(N=Nc3c(Cl)cncc3Cl)sc(Nc3ccccc3)c2Cl)cc1. The number of aromatic nitrogens is 1. The van der Waals surface area contributed by atoms with Gasteiger partial charge in [0.15, 0.2) is 0 Å². The summed E-state index contributed by atoms with van der Waals surface area (Å²) in [6.07, 6.45) is 2.93. The monoisotopic (exact) mass is 492 g/mol. The highest BCUT2D eigenvalue weighted by Gasteiger charge is 2.19. The van der Waals surface area contributed by atoms with Crippen molar-refractivity contribution in [1.29, 1.82) is 0 Å². The number of rotatable bonds is 5. The molecule has 0 spiro atoms. The van der Waals surface area contributed by atoms with E-state index in [1.54, 1.807) is 12.1 Å². The van der Waals surface area contributed by atoms with Crippen LogP contribution in [0.2, 0.25) is 20.1 Å². The third-order valence-electron chi connectivity index (χ3n) is 4.07. The van der Waals surface area contributed by atoms with Crippen LogP contribution in [0.25, 0.3) is 11.1 Å². The van der Waals surface area contributed by atoms with Crippen molar-refractivity contribution in [3.63, 3.8) is 0 Å². The number of hydrogen-bond acceptors (Lipinski definition) is 5. The van der Waals surface area contributed by atoms with Crippen LogP contribution in [0.4, 0.5) is 21.4 Å². The topological polar surface area (TPSA) is 49.6 Å². The molecule has 0 unspecified atom stereocenters. The maximum atomic E-state index is 6.75. The van der Waals surface area contributed by atoms with E-state index in [1.165, 1.54) is 23.7 Å². The van der Waals surface area contributed by atoms with E-state index in [4.69, 9.17) is 46.4 Å². The standard InChI is InChI=1S/C21H12Cl4N4S/c22-13-8-6-12(7-9-13)17-18(25)21(27-14-4-2-1-3-5-14)30-20(17)29-28-19-15(23)10-26-11-16(19)24/h1-11,27H. The number of halogens is 4. The molecular weight excluding hydrogens is 482 g/mol. The average Bonchev–Trinajstić information content (AvgIpc) is 3.04. The van der Waals surface area contributed by atoms with Gasteiger partial charge in [-0.1, -0.05) is 88.1 Å². The van der Waals surface area contributed by atoms with Gasteiger partial charge in [0.25, 0.3) is 0 Å². The Morgan fingerprint density at radius 2 is 1.47 bits per heavy atom. The van der Waals surface area contributed by atoms with Crippen molar-refractivity contribution < 1.29 is 0 Å². The molecule has 0 saturated heterocycles. The van der Waals surface area contributed by atoms with Gasteiger partial charge >= 0.3 is 0 Å². The Balaban J connectivity index is 1.80. The average molecular weight is 494 g/mol. The van der Waals surface area contributed by atoms with Gasteiger partial charge in [0.1, 0.15) is 15.7 Å². The van der Waals surface area contributed by atoms with Crippen molar-refractivity contribution in [2.45, 2.75) is 0 Å². The van der Waals surface area contributed by atoms with Crippen LogP contribution in [0.15, 0.2) is 77.2 Å². The van der Waals surface area contributed by atoms with E-state index in [9.17, 15) is 0 Å². The fourth-order valence-corrected chi connectivity index (χ4v) is 4.61. The molecule has 0 bridgehead atoms. The molecule has 0 saturated carbocycles. The minimum absolute atomic E-state index is 0.310. The molecule has 2 aromatic carbocycles. The first-order valence-corrected chi connectivity index (χ1v) is 11.0. The van der Waals surface area contributed by atoms with Gasteiger partial charge in [0, 0.05) is 28.7 Å². The molecule has 150 valence electrons. The summed E-state index contributed by atoms with van der Waals surface area (Å²) < 4.78 is 0. The lowest BCUT2D eigenvalue weighted by Crippen LogP contribution is -1.87. The number of nitrogens with zero attached hydrogens (tertiary/aromatic N) is 3. The predicted octanol–water partition coefficient (Wildman–Crippen LogP) is 9.58. The van der Waals surface area contributed by atoms with Gasteiger partial charge in [-0.15, -0.1) is 10.2 Å². The van der Waals surface area contributed by atoms with Crippen LogP contribution in [0, 0.1) is 0 Å². The molecule has 4 rings (SSSR count). The Morgan fingerprint density at radius 1 is 0.800 bits per heavy atom. The molecule has 2 aromatic heterocycles. The van der Waals surface area contributed by atoms with E-state index in [2.05, 4.69) is 20.5 Å². The van der Waals surface area contributed by atoms with E-state index in [1.807, 2.05) is 42.5 Å². The van der Waals surface area contributed by atoms with E-state index < -0.39 is 0 Å². The third-order valence-corrected chi connectivity index (χ3v) is 6.35. The number of anilines is 2. The summed E-state index contributed by atoms with van der Waals surface area (Å²) in [5.41, 5.74) is 2.86. The van der Waals surface area contributed by atoms with Crippen LogP contribution >= 0.6 is 57.7 Å². The zero-order valence-corrected chi connectivity index (χ0v) is 19.0. The van der Waals surface area contributed by atoms with Crippen LogP contribution in [0.3, 0.4) is 0 Å². The van der Waals surface area contributed by atoms with E-state index >= 15 is 0 Å². The van der Waals surface area contributed by atoms with Gasteiger partial charge in [-0.05, 0) is 29.8 Å². The number of pyridine rings is 1. The van der Waals surface area contributed by atoms with Crippen molar-refractivity contribution in [1.82, 2.24) is 4.98 Å². The molecule has 0 aliphatic carbocycles. The fourth-order valence-electron chi connectivity index (χ4n) is 2.67. The van der Waals surface area contributed by atoms with Gasteiger partial charge < -0.3 is 5.32 Å². The number of azo groups is 1. The molecule has 0 radical (unpaired) electrons. The first kappa shape index (κ1) is 21.1. The Kier molecular flexibility index (Phi) is 6.56. The Labute approximate surface area is 197 Å². The molecule has 4 nitrogen and oxygen atoms in total. The lowest BCUT2D eigenvalue weighted by atomic mass is 10.1. The van der Waals surface area contributed by atoms with Crippen molar-refractivity contribution in [2.24, 2.45) is 10.2 Å². The van der Waals surface area contributed by atoms with Crippen LogP contribution in [-0.2, 0) is 0 Å². The molecule has 0 fully saturated rings. The summed E-state index contributed by atoms with van der Waals surface area (Å²) >= 11 is 26.5. The maximum Gasteiger partial charge on any atom is 0.150 e. The van der Waals surface area contributed by atoms with Crippen LogP contribution in [0.5, 0.6) is 0 Å². The Morgan fingerprint density at radius 3 is 2.13 bits per heavy atom. The summed E-state index contributed by atoms with van der Waals surface area (Å²) in [6, 6.07) is 17.1. The van der Waals surface area contributed by atoms with Crippen molar-refractivity contribution in [3.05, 3.63) is 87.1 Å². The molecule has 2 heterocycles. The fraction of sp³-hybridized carbons (Fsp3) is 0. The lowest BCUT2D eigenvalue weighted by Gasteiger charge is -2.05. The predicted molar refractivity (Wildman–Crippen MR) is 128 cm³/mol. The lowest BCUT2D eigenvalue weighted by molar-refractivity contribution is 1.22. The number of thiophene rings is 1. The summed E-state index contributed by atoms with van der Waals surface area (Å²) in [6.45, 7) is 0. The van der Waals surface area contributed by atoms with Crippen LogP contribution < -0.4 is 5.32 Å². The molecule has 0 aliphatic heterocycles. The Hall–Kier alpha value is -2.15. The Bertz CT molecular complexity index is 1190. The first-order valence-electron chi connectivity index (χ1n) is 8.64. The number of para-hydroxylation sites is 1. The van der Waals surface area contributed by atoms with Crippen molar-refractivity contribution >= 4 is 79.1 Å². The summed E-state index contributed by atoms with van der Waals surface area (Å²) in [5.74, 6) is 0. The van der Waals surface area contributed by atoms with Crippen LogP contribution in [-0.4, -0.2) is 4.98 Å². The van der Waals surface area contributed by atoms with Gasteiger partial charge in [-0.2, -0.15) is 0 Å². The molecule has 0 atom stereocenters. The molecule has 1 N–H and O–H groups in total. The molecule has 0 aliphatic rings. The molecule has 4 aromatic rings. The van der Waals surface area contributed by atoms with E-state index in [-0.39, 0.29) is 0 Å². The summed E-state index contributed by atoms with van der Waals surface area (Å²) in [4.78, 5) is 3.93. The number of nitrogens with one attached hydrogen (secondary N) is 1. The normalized spacial score (nSPS) is 11.2. The number of hydrogen-bond donors (Lipinski definition) is 1. The maximum absolute atomic E-state index is 6.75. The minimum atomic E-state index is 0.310. The van der Waals surface area contributed by atoms with Crippen molar-refractivity contribution in [2.75, 3.05) is 5.32 Å². The second-order valence-corrected chi connectivity index (χ2v) is 8.70. The van der Waals surface area contributed by atoms with Gasteiger partial charge in [0.05, 0.1) is 15.1 Å². The van der Waals surface area contributed by atoms with Crippen molar-refractivity contribution in [3.8, 4) is 11.1 Å². The van der Waals surface area contributed by atoms with Gasteiger partial charge in [-0.3, -0.25) is 4.98 Å². The quantitative estimate of drug-likeness (QED) is 0.281. The number of benzene rings is 2. The molecular formula is C21H12Cl4N4S. The largest absolute Gasteiger partial charge is 0.346 e. The zero-order valence-electron chi connectivity index (χ0n) is 15.1. The highest BCUT2D eigenvalue weighted by Crippen LogP contribution is 2.50. The molecule has 9 heteroatoms. The second kappa shape index (κ2) is 9.33. The smallest absolute Gasteiger partial charge is 0.150 e. The van der Waals surface area contributed by atoms with Crippen LogP contribution in [0.1, 0.15) is 0 Å². The van der Waals surface area contributed by atoms with E-state index in [0.29, 0.717) is 30.8 Å². The van der Waals surface area contributed by atoms with E-state index in [0.717, 1.165) is 21.8 Å². The molecule has 30 heavy (non-hydrogen) atoms. The summed E-state index contributed by atoms with van der Waals surface area (Å²) in [7, 11) is 0. The van der Waals surface area contributed by atoms with Gasteiger partial charge in [0.2, 0.25) is 0 Å². The first-order chi connectivity index (χ1) is 14.5. The highest BCUT2D eigenvalue weighted by atomic mass is 35.5. The highest BCUT2D eigenvalue weighted by molar-refractivity contribution is 7.21. The third kappa shape index (κ3) is 4.61. The van der Waals surface area contributed by atoms with Gasteiger partial charge in [-0.25, -0.2) is 0 Å². The zero-order chi connectivity index (χ0) is 21.1. The second-order valence-electron chi connectivity index (χ2n) is 6.07. The summed E-state index contributed by atoms with van der Waals surface area (Å²) in [5, 5.41) is 15.1.